The highest BCUT2D eigenvalue weighted by Crippen LogP contribution is 2.23. The number of allylic oxidation sites excluding steroid dienone is 6. The third-order valence-corrected chi connectivity index (χ3v) is 14.2. The van der Waals surface area contributed by atoms with Gasteiger partial charge in [0, 0.05) is 0 Å². The maximum absolute atomic E-state index is 13.2. The van der Waals surface area contributed by atoms with E-state index in [1.54, 1.807) is 0 Å². The molecule has 0 aromatic carbocycles. The highest BCUT2D eigenvalue weighted by molar-refractivity contribution is 5.80. The first-order chi connectivity index (χ1) is 34.2. The van der Waals surface area contributed by atoms with Crippen LogP contribution in [-0.4, -0.2) is 110 Å². The number of nitrogens with one attached hydrogen (secondary N) is 1. The van der Waals surface area contributed by atoms with Crippen LogP contribution in [-0.2, 0) is 14.3 Å². The monoisotopic (exact) mass is 994 g/mol. The van der Waals surface area contributed by atoms with Crippen molar-refractivity contribution < 1.29 is 50.0 Å². The zero-order valence-electron chi connectivity index (χ0n) is 45.0. The summed E-state index contributed by atoms with van der Waals surface area (Å²) in [5.41, 5.74) is 0. The van der Waals surface area contributed by atoms with Crippen LogP contribution in [0.15, 0.2) is 36.5 Å². The van der Waals surface area contributed by atoms with Crippen molar-refractivity contribution in [1.82, 2.24) is 5.32 Å². The number of aliphatic hydroxyl groups excluding tert-OH is 7. The van der Waals surface area contributed by atoms with Gasteiger partial charge in [-0.15, -0.1) is 0 Å². The van der Waals surface area contributed by atoms with Crippen LogP contribution in [0, 0.1) is 0 Å². The molecular formula is C59H111NO10. The van der Waals surface area contributed by atoms with E-state index in [-0.39, 0.29) is 12.8 Å². The molecule has 0 aliphatic carbocycles. The van der Waals surface area contributed by atoms with E-state index in [0.717, 1.165) is 51.4 Å². The zero-order chi connectivity index (χ0) is 51.1. The lowest BCUT2D eigenvalue weighted by Crippen LogP contribution is -2.60. The number of unbranched alkanes of at least 4 members (excludes halogenated alkanes) is 32. The molecule has 1 heterocycles. The molecule has 1 rings (SSSR count). The molecule has 70 heavy (non-hydrogen) atoms. The van der Waals surface area contributed by atoms with Gasteiger partial charge in [0.05, 0.1) is 25.4 Å². The van der Waals surface area contributed by atoms with Crippen LogP contribution in [0.25, 0.3) is 0 Å². The Bertz CT molecular complexity index is 1230. The van der Waals surface area contributed by atoms with Crippen LogP contribution >= 0.6 is 0 Å². The van der Waals surface area contributed by atoms with Crippen molar-refractivity contribution in [1.29, 1.82) is 0 Å². The highest BCUT2D eigenvalue weighted by atomic mass is 16.7. The Morgan fingerprint density at radius 1 is 0.500 bits per heavy atom. The van der Waals surface area contributed by atoms with Crippen LogP contribution < -0.4 is 5.32 Å². The van der Waals surface area contributed by atoms with Crippen molar-refractivity contribution in [3.05, 3.63) is 36.5 Å². The summed E-state index contributed by atoms with van der Waals surface area (Å²) in [5.74, 6) is -0.709. The predicted octanol–water partition coefficient (Wildman–Crippen LogP) is 12.3. The fourth-order valence-corrected chi connectivity index (χ4v) is 9.36. The average Bonchev–Trinajstić information content (AvgIpc) is 3.36. The lowest BCUT2D eigenvalue weighted by Gasteiger charge is -2.40. The first-order valence-electron chi connectivity index (χ1n) is 29.4. The SMILES string of the molecule is CCCCCCCCCCC/C=C\C/C=C\CCCCCCCCCCC(O)C(=O)NC(COC1OC(CO)C(O)C(O)C1O)C(O)C(O)CCC/C=C/CCCCCCCCCCCCCCCC. The van der Waals surface area contributed by atoms with Gasteiger partial charge in [0.2, 0.25) is 5.91 Å². The summed E-state index contributed by atoms with van der Waals surface area (Å²) in [6.45, 7) is 3.46. The van der Waals surface area contributed by atoms with Crippen molar-refractivity contribution in [2.24, 2.45) is 0 Å². The second-order valence-corrected chi connectivity index (χ2v) is 20.7. The van der Waals surface area contributed by atoms with E-state index in [2.05, 4.69) is 55.6 Å². The summed E-state index contributed by atoms with van der Waals surface area (Å²) in [4.78, 5) is 13.2. The van der Waals surface area contributed by atoms with E-state index in [9.17, 15) is 40.5 Å². The number of carbonyl (C=O) groups is 1. The Morgan fingerprint density at radius 3 is 1.31 bits per heavy atom. The van der Waals surface area contributed by atoms with Gasteiger partial charge in [-0.3, -0.25) is 4.79 Å². The van der Waals surface area contributed by atoms with Gasteiger partial charge in [-0.1, -0.05) is 230 Å². The van der Waals surface area contributed by atoms with Crippen LogP contribution in [0.3, 0.4) is 0 Å². The second kappa shape index (κ2) is 48.3. The number of hydrogen-bond donors (Lipinski definition) is 8. The predicted molar refractivity (Wildman–Crippen MR) is 289 cm³/mol. The smallest absolute Gasteiger partial charge is 0.249 e. The summed E-state index contributed by atoms with van der Waals surface area (Å²) in [7, 11) is 0. The van der Waals surface area contributed by atoms with Crippen molar-refractivity contribution in [2.45, 2.75) is 319 Å². The maximum atomic E-state index is 13.2. The molecule has 0 bridgehead atoms. The van der Waals surface area contributed by atoms with Gasteiger partial charge < -0.3 is 50.5 Å². The Morgan fingerprint density at radius 2 is 0.886 bits per heavy atom. The van der Waals surface area contributed by atoms with Crippen LogP contribution in [0.4, 0.5) is 0 Å². The Balaban J connectivity index is 2.33. The molecule has 11 heteroatoms. The zero-order valence-corrected chi connectivity index (χ0v) is 45.0. The summed E-state index contributed by atoms with van der Waals surface area (Å²) < 4.78 is 11.1. The maximum Gasteiger partial charge on any atom is 0.249 e. The van der Waals surface area contributed by atoms with E-state index in [0.29, 0.717) is 12.8 Å². The minimum absolute atomic E-state index is 0.247. The van der Waals surface area contributed by atoms with Gasteiger partial charge in [0.25, 0.3) is 0 Å². The highest BCUT2D eigenvalue weighted by Gasteiger charge is 2.44. The summed E-state index contributed by atoms with van der Waals surface area (Å²) in [5, 5.41) is 76.1. The molecule has 1 aliphatic rings. The molecule has 412 valence electrons. The molecule has 0 radical (unpaired) electrons. The molecule has 0 aromatic heterocycles. The van der Waals surface area contributed by atoms with Crippen LogP contribution in [0.2, 0.25) is 0 Å². The normalized spacial score (nSPS) is 20.5. The number of amides is 1. The number of aliphatic hydroxyl groups is 7. The van der Waals surface area contributed by atoms with Gasteiger partial charge in [-0.05, 0) is 70.6 Å². The average molecular weight is 995 g/mol. The standard InChI is InChI=1S/C59H111NO10/c1-3-5-7-9-11-13-15-17-19-21-23-24-25-26-27-29-31-33-35-37-39-41-43-45-47-52(63)58(68)60-50(49-69-59-57(67)56(66)55(65)53(48-61)70-59)54(64)51(62)46-44-42-40-38-36-34-32-30-28-22-20-18-16-14-12-10-8-6-4-2/h23-24,26-27,38,40,50-57,59,61-67H,3-22,25,28-37,39,41-49H2,1-2H3,(H,60,68)/b24-23-,27-26-,40-38+. The van der Waals surface area contributed by atoms with Gasteiger partial charge in [-0.2, -0.15) is 0 Å². The molecule has 8 N–H and O–H groups in total. The summed E-state index contributed by atoms with van der Waals surface area (Å²) >= 11 is 0. The van der Waals surface area contributed by atoms with E-state index >= 15 is 0 Å². The van der Waals surface area contributed by atoms with Crippen molar-refractivity contribution >= 4 is 5.91 Å². The topological polar surface area (TPSA) is 189 Å². The second-order valence-electron chi connectivity index (χ2n) is 20.7. The third-order valence-electron chi connectivity index (χ3n) is 14.2. The Labute approximate surface area is 428 Å². The largest absolute Gasteiger partial charge is 0.394 e. The molecule has 0 spiro atoms. The number of hydrogen-bond acceptors (Lipinski definition) is 10. The van der Waals surface area contributed by atoms with E-state index in [4.69, 9.17) is 9.47 Å². The molecule has 1 aliphatic heterocycles. The lowest BCUT2D eigenvalue weighted by molar-refractivity contribution is -0.303. The first-order valence-corrected chi connectivity index (χ1v) is 29.4. The minimum Gasteiger partial charge on any atom is -0.394 e. The van der Waals surface area contributed by atoms with Gasteiger partial charge in [0.1, 0.15) is 36.6 Å². The van der Waals surface area contributed by atoms with Crippen molar-refractivity contribution in [3.8, 4) is 0 Å². The third kappa shape index (κ3) is 36.3. The Kier molecular flexibility index (Phi) is 45.8. The fourth-order valence-electron chi connectivity index (χ4n) is 9.36. The molecule has 0 aromatic rings. The summed E-state index contributed by atoms with van der Waals surface area (Å²) in [6, 6.07) is -1.19. The lowest BCUT2D eigenvalue weighted by atomic mass is 9.98. The molecular weight excluding hydrogens is 883 g/mol. The quantitative estimate of drug-likeness (QED) is 0.0215. The van der Waals surface area contributed by atoms with Crippen molar-refractivity contribution in [2.75, 3.05) is 13.2 Å². The molecule has 11 nitrogen and oxygen atoms in total. The molecule has 9 atom stereocenters. The van der Waals surface area contributed by atoms with Gasteiger partial charge in [0.15, 0.2) is 6.29 Å². The van der Waals surface area contributed by atoms with Gasteiger partial charge in [-0.25, -0.2) is 0 Å². The van der Waals surface area contributed by atoms with Gasteiger partial charge >= 0.3 is 0 Å². The van der Waals surface area contributed by atoms with E-state index < -0.39 is 74.2 Å². The van der Waals surface area contributed by atoms with Crippen LogP contribution in [0.1, 0.15) is 264 Å². The first kappa shape index (κ1) is 66.3. The minimum atomic E-state index is -1.67. The van der Waals surface area contributed by atoms with E-state index in [1.807, 2.05) is 0 Å². The number of ether oxygens (including phenoxy) is 2. The summed E-state index contributed by atoms with van der Waals surface area (Å²) in [6.07, 6.45) is 47.7. The molecule has 0 saturated carbocycles. The molecule has 9 unspecified atom stereocenters. The molecule has 1 fully saturated rings. The Hall–Kier alpha value is -1.67. The molecule has 1 saturated heterocycles. The van der Waals surface area contributed by atoms with Crippen molar-refractivity contribution in [3.63, 3.8) is 0 Å². The number of carbonyl (C=O) groups excluding carboxylic acids is 1. The van der Waals surface area contributed by atoms with Crippen LogP contribution in [0.5, 0.6) is 0 Å². The fraction of sp³-hybridized carbons (Fsp3) is 0.881. The van der Waals surface area contributed by atoms with E-state index in [1.165, 1.54) is 173 Å². The number of rotatable bonds is 50. The molecule has 1 amide bonds.